The molecule has 0 spiro atoms. The second-order valence-corrected chi connectivity index (χ2v) is 24.2. The maximum absolute atomic E-state index is 13.5. The van der Waals surface area contributed by atoms with Gasteiger partial charge in [0.2, 0.25) is 5.91 Å². The number of allylic oxidation sites excluding steroid dienone is 15. The van der Waals surface area contributed by atoms with Crippen molar-refractivity contribution in [2.75, 3.05) is 13.2 Å². The summed E-state index contributed by atoms with van der Waals surface area (Å²) in [6, 6.07) is -1.04. The molecular weight excluding hydrogens is 1070 g/mol. The second-order valence-electron chi connectivity index (χ2n) is 24.2. The SMILES string of the molecule is CC/C=C\C/C=C\C/C=C\C/C=C\C/C=C\C/C=C\CCC(=O)OC1C(OCC(NC(=O)C(O)CCCCCCCCCCCCCCCCCC/C=C/CCCCCCCC)C(O)/C=C/CCCCCCCCCCCC)OC(CO)C(O)C1O. The highest BCUT2D eigenvalue weighted by atomic mass is 16.7. The second kappa shape index (κ2) is 61.8. The Labute approximate surface area is 526 Å². The Balaban J connectivity index is 2.60. The van der Waals surface area contributed by atoms with Crippen molar-refractivity contribution in [1.82, 2.24) is 5.32 Å². The van der Waals surface area contributed by atoms with Crippen molar-refractivity contribution < 1.29 is 49.3 Å². The smallest absolute Gasteiger partial charge is 0.306 e. The molecule has 11 nitrogen and oxygen atoms in total. The molecule has 8 atom stereocenters. The van der Waals surface area contributed by atoms with Crippen molar-refractivity contribution in [2.45, 2.75) is 352 Å². The summed E-state index contributed by atoms with van der Waals surface area (Å²) in [4.78, 5) is 26.6. The predicted molar refractivity (Wildman–Crippen MR) is 361 cm³/mol. The lowest BCUT2D eigenvalue weighted by Crippen LogP contribution is -2.61. The summed E-state index contributed by atoms with van der Waals surface area (Å²) in [5.41, 5.74) is 0. The average Bonchev–Trinajstić information content (AvgIpc) is 3.01. The van der Waals surface area contributed by atoms with E-state index >= 15 is 0 Å². The van der Waals surface area contributed by atoms with E-state index in [1.807, 2.05) is 18.2 Å². The van der Waals surface area contributed by atoms with E-state index in [1.54, 1.807) is 6.08 Å². The molecule has 1 amide bonds. The molecule has 0 bridgehead atoms. The minimum absolute atomic E-state index is 0.00462. The maximum atomic E-state index is 13.5. The molecule has 1 aliphatic heterocycles. The first-order chi connectivity index (χ1) is 42.2. The molecule has 496 valence electrons. The number of unbranched alkanes of at least 4 members (excludes halogenated alkanes) is 32. The Bertz CT molecular complexity index is 1770. The largest absolute Gasteiger partial charge is 0.454 e. The number of carbonyl (C=O) groups is 2. The zero-order valence-electron chi connectivity index (χ0n) is 55.2. The van der Waals surface area contributed by atoms with E-state index in [4.69, 9.17) is 14.2 Å². The summed E-state index contributed by atoms with van der Waals surface area (Å²) in [7, 11) is 0. The molecule has 86 heavy (non-hydrogen) atoms. The summed E-state index contributed by atoms with van der Waals surface area (Å²) in [5.74, 6) is -1.28. The summed E-state index contributed by atoms with van der Waals surface area (Å²) in [5, 5.41) is 57.2. The fourth-order valence-electron chi connectivity index (χ4n) is 10.7. The highest BCUT2D eigenvalue weighted by Gasteiger charge is 2.47. The Hall–Kier alpha value is -3.42. The van der Waals surface area contributed by atoms with E-state index < -0.39 is 67.4 Å². The van der Waals surface area contributed by atoms with Gasteiger partial charge in [0.25, 0.3) is 0 Å². The predicted octanol–water partition coefficient (Wildman–Crippen LogP) is 18.2. The van der Waals surface area contributed by atoms with Crippen molar-refractivity contribution >= 4 is 11.9 Å². The molecule has 0 aromatic heterocycles. The topological polar surface area (TPSA) is 175 Å². The monoisotopic (exact) mass is 1210 g/mol. The van der Waals surface area contributed by atoms with Crippen molar-refractivity contribution in [3.05, 3.63) is 97.2 Å². The highest BCUT2D eigenvalue weighted by Crippen LogP contribution is 2.26. The van der Waals surface area contributed by atoms with Gasteiger partial charge in [-0.3, -0.25) is 9.59 Å². The number of amides is 1. The minimum Gasteiger partial charge on any atom is -0.454 e. The third-order valence-corrected chi connectivity index (χ3v) is 16.2. The van der Waals surface area contributed by atoms with Gasteiger partial charge in [-0.25, -0.2) is 0 Å². The van der Waals surface area contributed by atoms with Gasteiger partial charge in [0.15, 0.2) is 12.4 Å². The molecule has 6 N–H and O–H groups in total. The molecule has 1 saturated heterocycles. The van der Waals surface area contributed by atoms with Crippen molar-refractivity contribution in [3.63, 3.8) is 0 Å². The molecule has 0 saturated carbocycles. The van der Waals surface area contributed by atoms with E-state index in [0.717, 1.165) is 77.0 Å². The molecule has 0 aliphatic carbocycles. The maximum Gasteiger partial charge on any atom is 0.306 e. The quantitative estimate of drug-likeness (QED) is 0.0195. The number of aliphatic hydroxyl groups is 5. The van der Waals surface area contributed by atoms with Gasteiger partial charge in [0.1, 0.15) is 24.4 Å². The van der Waals surface area contributed by atoms with Crippen LogP contribution in [0.3, 0.4) is 0 Å². The Morgan fingerprint density at radius 1 is 0.465 bits per heavy atom. The van der Waals surface area contributed by atoms with Gasteiger partial charge in [-0.05, 0) is 89.9 Å². The Kier molecular flexibility index (Phi) is 57.9. The highest BCUT2D eigenvalue weighted by molar-refractivity contribution is 5.80. The van der Waals surface area contributed by atoms with Crippen LogP contribution in [0.5, 0.6) is 0 Å². The Morgan fingerprint density at radius 2 is 0.837 bits per heavy atom. The number of ether oxygens (including phenoxy) is 3. The molecule has 1 heterocycles. The molecule has 0 radical (unpaired) electrons. The third kappa shape index (κ3) is 48.5. The lowest BCUT2D eigenvalue weighted by Gasteiger charge is -2.41. The van der Waals surface area contributed by atoms with Crippen LogP contribution in [0.25, 0.3) is 0 Å². The fourth-order valence-corrected chi connectivity index (χ4v) is 10.7. The number of esters is 1. The first kappa shape index (κ1) is 80.6. The summed E-state index contributed by atoms with van der Waals surface area (Å²) in [6.45, 7) is 5.66. The van der Waals surface area contributed by atoms with Gasteiger partial charge in [-0.15, -0.1) is 0 Å². The summed E-state index contributed by atoms with van der Waals surface area (Å²) < 4.78 is 17.6. The van der Waals surface area contributed by atoms with E-state index in [-0.39, 0.29) is 19.4 Å². The molecule has 1 fully saturated rings. The normalized spacial score (nSPS) is 18.9. The number of hydrogen-bond donors (Lipinski definition) is 6. The van der Waals surface area contributed by atoms with Gasteiger partial charge in [-0.2, -0.15) is 0 Å². The summed E-state index contributed by atoms with van der Waals surface area (Å²) >= 11 is 0. The van der Waals surface area contributed by atoms with Gasteiger partial charge in [0, 0.05) is 6.42 Å². The van der Waals surface area contributed by atoms with Crippen LogP contribution in [0.2, 0.25) is 0 Å². The third-order valence-electron chi connectivity index (χ3n) is 16.2. The van der Waals surface area contributed by atoms with E-state index in [2.05, 4.69) is 99.0 Å². The van der Waals surface area contributed by atoms with Crippen LogP contribution >= 0.6 is 0 Å². The standard InChI is InChI=1S/C75H131NO10/c1-4-7-10-13-16-19-22-25-27-29-31-32-33-34-35-36-37-39-40-42-44-47-50-53-56-59-62-68(79)74(83)76-66(67(78)61-58-55-52-49-46-24-21-18-15-12-9-6-3)65-84-75-73(72(82)71(81)69(64-77)85-75)86-70(80)63-60-57-54-51-48-45-43-41-38-30-28-26-23-20-17-14-11-8-5-2/h8,11,17,20,25-28,38,41,45,48,54,57-58,61,66-69,71-73,75,77-79,81-82H,4-7,9-10,12-16,18-19,21-24,29-37,39-40,42-44,46-47,49-53,55-56,59-60,62-65H2,1-3H3,(H,76,83)/b11-8-,20-17-,27-25+,28-26-,41-38-,48-45-,57-54-,61-58+. The van der Waals surface area contributed by atoms with Gasteiger partial charge in [-0.1, -0.05) is 304 Å². The first-order valence-corrected chi connectivity index (χ1v) is 35.5. The van der Waals surface area contributed by atoms with Crippen LogP contribution in [-0.2, 0) is 23.8 Å². The van der Waals surface area contributed by atoms with E-state index in [1.165, 1.54) is 173 Å². The molecular formula is C75H131NO10. The van der Waals surface area contributed by atoms with Gasteiger partial charge >= 0.3 is 5.97 Å². The zero-order valence-corrected chi connectivity index (χ0v) is 55.2. The van der Waals surface area contributed by atoms with Gasteiger partial charge in [0.05, 0.1) is 25.4 Å². The zero-order chi connectivity index (χ0) is 62.4. The summed E-state index contributed by atoms with van der Waals surface area (Å²) in [6.07, 6.45) is 73.3. The van der Waals surface area contributed by atoms with Crippen molar-refractivity contribution in [2.24, 2.45) is 0 Å². The number of aliphatic hydroxyl groups excluding tert-OH is 5. The lowest BCUT2D eigenvalue weighted by atomic mass is 9.99. The molecule has 8 unspecified atom stereocenters. The van der Waals surface area contributed by atoms with Crippen LogP contribution in [0.1, 0.15) is 303 Å². The lowest BCUT2D eigenvalue weighted by molar-refractivity contribution is -0.305. The van der Waals surface area contributed by atoms with Gasteiger partial charge < -0.3 is 45.1 Å². The van der Waals surface area contributed by atoms with Crippen molar-refractivity contribution in [1.29, 1.82) is 0 Å². The average molecular weight is 1210 g/mol. The molecule has 0 aromatic carbocycles. The molecule has 1 rings (SSSR count). The van der Waals surface area contributed by atoms with Crippen LogP contribution in [0, 0.1) is 0 Å². The van der Waals surface area contributed by atoms with Crippen LogP contribution in [0.15, 0.2) is 97.2 Å². The number of hydrogen-bond acceptors (Lipinski definition) is 10. The first-order valence-electron chi connectivity index (χ1n) is 35.5. The minimum atomic E-state index is -1.65. The molecule has 11 heteroatoms. The van der Waals surface area contributed by atoms with Crippen LogP contribution in [-0.4, -0.2) is 99.6 Å². The number of nitrogens with one attached hydrogen (secondary N) is 1. The Morgan fingerprint density at radius 3 is 1.26 bits per heavy atom. The van der Waals surface area contributed by atoms with Crippen LogP contribution < -0.4 is 5.32 Å². The van der Waals surface area contributed by atoms with Crippen molar-refractivity contribution in [3.8, 4) is 0 Å². The fraction of sp³-hybridized carbons (Fsp3) is 0.760. The van der Waals surface area contributed by atoms with E-state index in [9.17, 15) is 35.1 Å². The number of rotatable bonds is 60. The number of carbonyl (C=O) groups excluding carboxylic acids is 2. The molecule has 0 aromatic rings. The molecule has 1 aliphatic rings. The van der Waals surface area contributed by atoms with Crippen LogP contribution in [0.4, 0.5) is 0 Å². The van der Waals surface area contributed by atoms with E-state index in [0.29, 0.717) is 19.3 Å².